The molecule has 116 valence electrons. The third-order valence-electron chi connectivity index (χ3n) is 3.89. The third-order valence-corrected chi connectivity index (χ3v) is 3.89. The van der Waals surface area contributed by atoms with Gasteiger partial charge in [0.25, 0.3) is 0 Å². The van der Waals surface area contributed by atoms with Gasteiger partial charge in [0.2, 0.25) is 0 Å². The number of nitrogens with one attached hydrogen (secondary N) is 1. The first kappa shape index (κ1) is 14.3. The van der Waals surface area contributed by atoms with Gasteiger partial charge < -0.3 is 0 Å². The summed E-state index contributed by atoms with van der Waals surface area (Å²) in [5.41, 5.74) is 3.42. The first-order chi connectivity index (χ1) is 11.8. The predicted molar refractivity (Wildman–Crippen MR) is 95.2 cm³/mol. The fourth-order valence-electron chi connectivity index (χ4n) is 2.64. The first-order valence-electron chi connectivity index (χ1n) is 7.62. The molecule has 1 aromatic heterocycles. The highest BCUT2D eigenvalue weighted by Gasteiger charge is 2.06. The molecule has 0 spiro atoms. The van der Waals surface area contributed by atoms with E-state index in [-0.39, 0.29) is 5.82 Å². The van der Waals surface area contributed by atoms with Crippen LogP contribution in [0.1, 0.15) is 5.56 Å². The number of rotatable bonds is 3. The Bertz CT molecular complexity index is 1020. The molecular formula is C20H14FN3. The fraction of sp³-hybridized carbons (Fsp3) is 0. The van der Waals surface area contributed by atoms with E-state index in [2.05, 4.69) is 33.4 Å². The Hall–Kier alpha value is -3.27. The van der Waals surface area contributed by atoms with Gasteiger partial charge >= 0.3 is 0 Å². The van der Waals surface area contributed by atoms with Crippen LogP contribution in [-0.2, 0) is 0 Å². The van der Waals surface area contributed by atoms with Crippen molar-refractivity contribution in [1.82, 2.24) is 10.2 Å². The standard InChI is InChI=1S/C20H14FN3/c21-18-8-5-15(6-9-18)20-17(13-23-24-20)12-22-19-10-7-14-3-1-2-4-16(14)11-19/h1-13H,(H,23,24). The lowest BCUT2D eigenvalue weighted by Gasteiger charge is -2.01. The van der Waals surface area contributed by atoms with Gasteiger partial charge in [-0.25, -0.2) is 4.39 Å². The summed E-state index contributed by atoms with van der Waals surface area (Å²) in [6.07, 6.45) is 3.48. The second-order valence-electron chi connectivity index (χ2n) is 5.50. The van der Waals surface area contributed by atoms with Gasteiger partial charge in [0.1, 0.15) is 5.82 Å². The van der Waals surface area contributed by atoms with E-state index in [1.54, 1.807) is 24.5 Å². The zero-order valence-corrected chi connectivity index (χ0v) is 12.8. The summed E-state index contributed by atoms with van der Waals surface area (Å²) in [5.74, 6) is -0.260. The minimum Gasteiger partial charge on any atom is -0.277 e. The number of aromatic nitrogens is 2. The van der Waals surface area contributed by atoms with Crippen molar-refractivity contribution in [3.05, 3.63) is 84.3 Å². The van der Waals surface area contributed by atoms with Gasteiger partial charge in [-0.2, -0.15) is 5.10 Å². The summed E-state index contributed by atoms with van der Waals surface area (Å²) in [6, 6.07) is 20.6. The molecule has 0 saturated carbocycles. The van der Waals surface area contributed by atoms with Crippen LogP contribution in [0.2, 0.25) is 0 Å². The molecule has 0 saturated heterocycles. The van der Waals surface area contributed by atoms with E-state index in [1.807, 2.05) is 24.3 Å². The zero-order chi connectivity index (χ0) is 16.4. The second-order valence-corrected chi connectivity index (χ2v) is 5.50. The summed E-state index contributed by atoms with van der Waals surface area (Å²) < 4.78 is 13.1. The summed E-state index contributed by atoms with van der Waals surface area (Å²) in [5, 5.41) is 9.35. The van der Waals surface area contributed by atoms with Crippen molar-refractivity contribution < 1.29 is 4.39 Å². The normalized spacial score (nSPS) is 11.4. The van der Waals surface area contributed by atoms with Crippen LogP contribution >= 0.6 is 0 Å². The Morgan fingerprint density at radius 3 is 2.54 bits per heavy atom. The number of hydrogen-bond donors (Lipinski definition) is 1. The molecule has 1 N–H and O–H groups in total. The summed E-state index contributed by atoms with van der Waals surface area (Å²) in [7, 11) is 0. The summed E-state index contributed by atoms with van der Waals surface area (Å²) >= 11 is 0. The van der Waals surface area contributed by atoms with E-state index < -0.39 is 0 Å². The molecule has 4 aromatic rings. The largest absolute Gasteiger partial charge is 0.277 e. The summed E-state index contributed by atoms with van der Waals surface area (Å²) in [6.45, 7) is 0. The quantitative estimate of drug-likeness (QED) is 0.524. The molecule has 0 aliphatic carbocycles. The molecule has 4 heteroatoms. The molecule has 0 fully saturated rings. The van der Waals surface area contributed by atoms with E-state index in [4.69, 9.17) is 0 Å². The zero-order valence-electron chi connectivity index (χ0n) is 12.8. The molecular weight excluding hydrogens is 301 g/mol. The highest BCUT2D eigenvalue weighted by molar-refractivity contribution is 5.91. The van der Waals surface area contributed by atoms with Gasteiger partial charge in [-0.15, -0.1) is 0 Å². The molecule has 3 nitrogen and oxygen atoms in total. The van der Waals surface area contributed by atoms with Crippen LogP contribution in [0.3, 0.4) is 0 Å². The minimum atomic E-state index is -0.260. The van der Waals surface area contributed by atoms with E-state index in [9.17, 15) is 4.39 Å². The van der Waals surface area contributed by atoms with Gasteiger partial charge in [-0.05, 0) is 47.2 Å². The molecule has 0 unspecified atom stereocenters. The Balaban J connectivity index is 1.66. The maximum Gasteiger partial charge on any atom is 0.123 e. The van der Waals surface area contributed by atoms with Gasteiger partial charge in [0.05, 0.1) is 17.6 Å². The number of aliphatic imine (C=N–C) groups is 1. The molecule has 3 aromatic carbocycles. The number of nitrogens with zero attached hydrogens (tertiary/aromatic N) is 2. The van der Waals surface area contributed by atoms with Gasteiger partial charge in [0.15, 0.2) is 0 Å². The Kier molecular flexibility index (Phi) is 3.63. The van der Waals surface area contributed by atoms with Gasteiger partial charge in [-0.1, -0.05) is 30.3 Å². The third kappa shape index (κ3) is 2.82. The average molecular weight is 315 g/mol. The number of fused-ring (bicyclic) bond motifs is 1. The SMILES string of the molecule is Fc1ccc(-c2[nH]ncc2C=Nc2ccc3ccccc3c2)cc1. The topological polar surface area (TPSA) is 41.0 Å². The number of benzene rings is 3. The second kappa shape index (κ2) is 6.08. The molecule has 0 amide bonds. The lowest BCUT2D eigenvalue weighted by molar-refractivity contribution is 0.628. The van der Waals surface area contributed by atoms with Crippen molar-refractivity contribution >= 4 is 22.7 Å². The molecule has 0 radical (unpaired) electrons. The number of hydrogen-bond acceptors (Lipinski definition) is 2. The number of H-pyrrole nitrogens is 1. The van der Waals surface area contributed by atoms with Crippen molar-refractivity contribution in [2.45, 2.75) is 0 Å². The van der Waals surface area contributed by atoms with Crippen molar-refractivity contribution in [2.24, 2.45) is 4.99 Å². The molecule has 0 atom stereocenters. The van der Waals surface area contributed by atoms with E-state index >= 15 is 0 Å². The minimum absolute atomic E-state index is 0.260. The Labute approximate surface area is 138 Å². The molecule has 4 rings (SSSR count). The maximum absolute atomic E-state index is 13.1. The fourth-order valence-corrected chi connectivity index (χ4v) is 2.64. The van der Waals surface area contributed by atoms with Crippen LogP contribution in [0, 0.1) is 5.82 Å². The smallest absolute Gasteiger partial charge is 0.123 e. The van der Waals surface area contributed by atoms with E-state index in [0.717, 1.165) is 27.9 Å². The van der Waals surface area contributed by atoms with Crippen LogP contribution in [0.5, 0.6) is 0 Å². The van der Waals surface area contributed by atoms with Gasteiger partial charge in [0, 0.05) is 17.3 Å². The Morgan fingerprint density at radius 1 is 0.917 bits per heavy atom. The lowest BCUT2D eigenvalue weighted by Crippen LogP contribution is -1.85. The highest BCUT2D eigenvalue weighted by atomic mass is 19.1. The molecule has 0 aliphatic heterocycles. The van der Waals surface area contributed by atoms with Crippen molar-refractivity contribution in [1.29, 1.82) is 0 Å². The van der Waals surface area contributed by atoms with E-state index in [1.165, 1.54) is 17.5 Å². The van der Waals surface area contributed by atoms with Gasteiger partial charge in [-0.3, -0.25) is 10.1 Å². The summed E-state index contributed by atoms with van der Waals surface area (Å²) in [4.78, 5) is 4.54. The Morgan fingerprint density at radius 2 is 1.71 bits per heavy atom. The lowest BCUT2D eigenvalue weighted by atomic mass is 10.1. The van der Waals surface area contributed by atoms with Crippen LogP contribution < -0.4 is 0 Å². The van der Waals surface area contributed by atoms with Crippen LogP contribution in [0.15, 0.2) is 77.9 Å². The van der Waals surface area contributed by atoms with Crippen molar-refractivity contribution in [3.63, 3.8) is 0 Å². The van der Waals surface area contributed by atoms with Crippen molar-refractivity contribution in [3.8, 4) is 11.3 Å². The number of aromatic amines is 1. The monoisotopic (exact) mass is 315 g/mol. The average Bonchev–Trinajstić information content (AvgIpc) is 3.09. The van der Waals surface area contributed by atoms with Crippen molar-refractivity contribution in [2.75, 3.05) is 0 Å². The molecule has 0 aliphatic rings. The first-order valence-corrected chi connectivity index (χ1v) is 7.62. The predicted octanol–water partition coefficient (Wildman–Crippen LogP) is 5.12. The van der Waals surface area contributed by atoms with E-state index in [0.29, 0.717) is 0 Å². The van der Waals surface area contributed by atoms with Crippen LogP contribution in [0.25, 0.3) is 22.0 Å². The molecule has 1 heterocycles. The maximum atomic E-state index is 13.1. The number of halogens is 1. The molecule has 24 heavy (non-hydrogen) atoms. The molecule has 0 bridgehead atoms. The van der Waals surface area contributed by atoms with Crippen LogP contribution in [0.4, 0.5) is 10.1 Å². The highest BCUT2D eigenvalue weighted by Crippen LogP contribution is 2.23. The van der Waals surface area contributed by atoms with Crippen LogP contribution in [-0.4, -0.2) is 16.4 Å².